The molecule has 144 valence electrons. The first-order valence-electron chi connectivity index (χ1n) is 9.05. The lowest BCUT2D eigenvalue weighted by Crippen LogP contribution is -2.36. The second-order valence-corrected chi connectivity index (χ2v) is 7.99. The van der Waals surface area contributed by atoms with Crippen molar-refractivity contribution in [2.45, 2.75) is 0 Å². The first-order chi connectivity index (χ1) is 13.6. The van der Waals surface area contributed by atoms with Crippen molar-refractivity contribution in [1.29, 1.82) is 0 Å². The van der Waals surface area contributed by atoms with Crippen LogP contribution in [-0.2, 0) is 9.53 Å². The molecule has 0 unspecified atom stereocenters. The molecule has 0 aromatic heterocycles. The Morgan fingerprint density at radius 1 is 1.14 bits per heavy atom. The van der Waals surface area contributed by atoms with Gasteiger partial charge in [-0.25, -0.2) is 4.99 Å². The van der Waals surface area contributed by atoms with Gasteiger partial charge in [-0.1, -0.05) is 23.7 Å². The van der Waals surface area contributed by atoms with Gasteiger partial charge in [0.1, 0.15) is 0 Å². The maximum Gasteiger partial charge on any atom is 0.266 e. The van der Waals surface area contributed by atoms with E-state index in [-0.39, 0.29) is 5.91 Å². The molecule has 5 nitrogen and oxygen atoms in total. The zero-order chi connectivity index (χ0) is 19.5. The van der Waals surface area contributed by atoms with Crippen LogP contribution in [0.5, 0.6) is 0 Å². The zero-order valence-electron chi connectivity index (χ0n) is 15.5. The van der Waals surface area contributed by atoms with Crippen LogP contribution in [0.4, 0.5) is 11.4 Å². The second kappa shape index (κ2) is 8.39. The van der Waals surface area contributed by atoms with Crippen LogP contribution in [-0.4, -0.2) is 49.3 Å². The molecule has 2 fully saturated rings. The molecular formula is C21H20ClN3O2S. The number of aliphatic imine (C=N–C) groups is 1. The number of anilines is 1. The number of halogens is 1. The average Bonchev–Trinajstić information content (AvgIpc) is 2.97. The standard InChI is InChI=1S/C21H20ClN3O2S/c1-24-20(26)19(14-15-3-2-4-16(22)13-15)28-21(24)23-17-5-7-18(8-6-17)25-9-11-27-12-10-25/h2-8,13-14H,9-12H2,1H3/b19-14-,23-21?. The Bertz CT molecular complexity index is 937. The average molecular weight is 414 g/mol. The lowest BCUT2D eigenvalue weighted by atomic mass is 10.2. The van der Waals surface area contributed by atoms with E-state index in [9.17, 15) is 4.79 Å². The van der Waals surface area contributed by atoms with E-state index in [1.165, 1.54) is 11.8 Å². The number of benzene rings is 2. The predicted molar refractivity (Wildman–Crippen MR) is 116 cm³/mol. The van der Waals surface area contributed by atoms with Crippen molar-refractivity contribution in [2.24, 2.45) is 4.99 Å². The van der Waals surface area contributed by atoms with Crippen LogP contribution in [0.25, 0.3) is 6.08 Å². The maximum atomic E-state index is 12.6. The molecule has 4 rings (SSSR count). The van der Waals surface area contributed by atoms with Gasteiger partial charge < -0.3 is 9.64 Å². The van der Waals surface area contributed by atoms with Gasteiger partial charge in [-0.05, 0) is 59.8 Å². The van der Waals surface area contributed by atoms with Gasteiger partial charge in [0.05, 0.1) is 23.8 Å². The van der Waals surface area contributed by atoms with Gasteiger partial charge in [-0.3, -0.25) is 9.69 Å². The van der Waals surface area contributed by atoms with Crippen molar-refractivity contribution in [1.82, 2.24) is 4.90 Å². The van der Waals surface area contributed by atoms with Crippen LogP contribution in [0, 0.1) is 0 Å². The highest BCUT2D eigenvalue weighted by molar-refractivity contribution is 8.18. The molecule has 0 aliphatic carbocycles. The minimum Gasteiger partial charge on any atom is -0.378 e. The van der Waals surface area contributed by atoms with Crippen LogP contribution in [0.15, 0.2) is 58.4 Å². The highest BCUT2D eigenvalue weighted by atomic mass is 35.5. The largest absolute Gasteiger partial charge is 0.378 e. The number of ether oxygens (including phenoxy) is 1. The number of amides is 1. The van der Waals surface area contributed by atoms with E-state index in [1.54, 1.807) is 11.9 Å². The second-order valence-electron chi connectivity index (χ2n) is 6.54. The van der Waals surface area contributed by atoms with Crippen molar-refractivity contribution in [3.63, 3.8) is 0 Å². The zero-order valence-corrected chi connectivity index (χ0v) is 17.0. The smallest absolute Gasteiger partial charge is 0.266 e. The lowest BCUT2D eigenvalue weighted by Gasteiger charge is -2.28. The van der Waals surface area contributed by atoms with E-state index in [0.29, 0.717) is 15.1 Å². The summed E-state index contributed by atoms with van der Waals surface area (Å²) >= 11 is 7.41. The number of nitrogens with zero attached hydrogens (tertiary/aromatic N) is 3. The topological polar surface area (TPSA) is 45.1 Å². The number of thioether (sulfide) groups is 1. The SMILES string of the molecule is CN1C(=O)/C(=C/c2cccc(Cl)c2)SC1=Nc1ccc(N2CCOCC2)cc1. The molecule has 1 amide bonds. The molecular weight excluding hydrogens is 394 g/mol. The van der Waals surface area contributed by atoms with Gasteiger partial charge in [-0.2, -0.15) is 0 Å². The van der Waals surface area contributed by atoms with Crippen molar-refractivity contribution in [3.05, 3.63) is 64.0 Å². The predicted octanol–water partition coefficient (Wildman–Crippen LogP) is 4.41. The number of likely N-dealkylation sites (N-methyl/N-ethyl adjacent to an activating group) is 1. The summed E-state index contributed by atoms with van der Waals surface area (Å²) in [6.07, 6.45) is 1.85. The van der Waals surface area contributed by atoms with Gasteiger partial charge in [-0.15, -0.1) is 0 Å². The Kier molecular flexibility index (Phi) is 5.71. The molecule has 0 atom stereocenters. The Labute approximate surface area is 173 Å². The third-order valence-electron chi connectivity index (χ3n) is 4.60. The summed E-state index contributed by atoms with van der Waals surface area (Å²) in [5.74, 6) is -0.0614. The van der Waals surface area contributed by atoms with Crippen molar-refractivity contribution in [3.8, 4) is 0 Å². The highest BCUT2D eigenvalue weighted by Crippen LogP contribution is 2.33. The van der Waals surface area contributed by atoms with E-state index in [0.717, 1.165) is 43.2 Å². The summed E-state index contributed by atoms with van der Waals surface area (Å²) in [4.78, 5) is 21.7. The Hall–Kier alpha value is -2.28. The third kappa shape index (κ3) is 4.24. The molecule has 2 heterocycles. The van der Waals surface area contributed by atoms with Crippen LogP contribution in [0.2, 0.25) is 5.02 Å². The van der Waals surface area contributed by atoms with E-state index < -0.39 is 0 Å². The fourth-order valence-electron chi connectivity index (χ4n) is 3.07. The lowest BCUT2D eigenvalue weighted by molar-refractivity contribution is -0.121. The number of amidine groups is 1. The summed E-state index contributed by atoms with van der Waals surface area (Å²) in [6, 6.07) is 15.5. The van der Waals surface area contributed by atoms with Gasteiger partial charge >= 0.3 is 0 Å². The molecule has 0 bridgehead atoms. The van der Waals surface area contributed by atoms with Crippen molar-refractivity contribution < 1.29 is 9.53 Å². The molecule has 7 heteroatoms. The molecule has 0 N–H and O–H groups in total. The fraction of sp³-hybridized carbons (Fsp3) is 0.238. The number of hydrogen-bond donors (Lipinski definition) is 0. The summed E-state index contributed by atoms with van der Waals surface area (Å²) in [5, 5.41) is 1.31. The summed E-state index contributed by atoms with van der Waals surface area (Å²) in [7, 11) is 1.75. The molecule has 2 aliphatic rings. The molecule has 2 aromatic rings. The van der Waals surface area contributed by atoms with Crippen LogP contribution >= 0.6 is 23.4 Å². The van der Waals surface area contributed by atoms with E-state index in [4.69, 9.17) is 16.3 Å². The minimum atomic E-state index is -0.0614. The molecule has 2 saturated heterocycles. The number of morpholine rings is 1. The molecule has 2 aromatic carbocycles. The molecule has 28 heavy (non-hydrogen) atoms. The monoisotopic (exact) mass is 413 g/mol. The number of rotatable bonds is 3. The van der Waals surface area contributed by atoms with Gasteiger partial charge in [0.25, 0.3) is 5.91 Å². The number of carbonyl (C=O) groups is 1. The van der Waals surface area contributed by atoms with E-state index in [2.05, 4.69) is 22.0 Å². The number of carbonyl (C=O) groups excluding carboxylic acids is 1. The van der Waals surface area contributed by atoms with E-state index >= 15 is 0 Å². The summed E-state index contributed by atoms with van der Waals surface area (Å²) < 4.78 is 5.40. The Balaban J connectivity index is 1.52. The van der Waals surface area contributed by atoms with Crippen LogP contribution in [0.1, 0.15) is 5.56 Å². The normalized spacial score (nSPS) is 20.4. The highest BCUT2D eigenvalue weighted by Gasteiger charge is 2.30. The molecule has 0 spiro atoms. The first-order valence-corrected chi connectivity index (χ1v) is 10.2. The summed E-state index contributed by atoms with van der Waals surface area (Å²) in [5.41, 5.74) is 2.88. The molecule has 0 saturated carbocycles. The van der Waals surface area contributed by atoms with Gasteiger partial charge in [0, 0.05) is 30.8 Å². The minimum absolute atomic E-state index is 0.0614. The Morgan fingerprint density at radius 2 is 1.89 bits per heavy atom. The Morgan fingerprint density at radius 3 is 2.61 bits per heavy atom. The molecule has 2 aliphatic heterocycles. The van der Waals surface area contributed by atoms with Crippen molar-refractivity contribution in [2.75, 3.05) is 38.3 Å². The first kappa shape index (κ1) is 19.1. The van der Waals surface area contributed by atoms with Crippen LogP contribution < -0.4 is 4.90 Å². The molecule has 0 radical (unpaired) electrons. The van der Waals surface area contributed by atoms with E-state index in [1.807, 2.05) is 42.5 Å². The maximum absolute atomic E-state index is 12.6. The van der Waals surface area contributed by atoms with Crippen LogP contribution in [0.3, 0.4) is 0 Å². The van der Waals surface area contributed by atoms with Gasteiger partial charge in [0.2, 0.25) is 0 Å². The number of hydrogen-bond acceptors (Lipinski definition) is 5. The summed E-state index contributed by atoms with van der Waals surface area (Å²) in [6.45, 7) is 3.32. The van der Waals surface area contributed by atoms with Crippen molar-refractivity contribution >= 4 is 51.9 Å². The van der Waals surface area contributed by atoms with Gasteiger partial charge in [0.15, 0.2) is 5.17 Å². The quantitative estimate of drug-likeness (QED) is 0.699. The third-order valence-corrected chi connectivity index (χ3v) is 5.90. The fourth-order valence-corrected chi connectivity index (χ4v) is 4.25.